The fraction of sp³-hybridized carbons (Fsp3) is 0.698. The maximum absolute atomic E-state index is 14.1. The Labute approximate surface area is 344 Å². The molecule has 0 saturated carbocycles. The number of halogens is 1. The number of aliphatic hydroxyl groups excluding tert-OH is 2. The summed E-state index contributed by atoms with van der Waals surface area (Å²) in [5, 5.41) is 35.6. The topological polar surface area (TPSA) is 195 Å². The van der Waals surface area contributed by atoms with Crippen molar-refractivity contribution >= 4 is 19.2 Å². The normalized spacial score (nSPS) is 21.6. The van der Waals surface area contributed by atoms with Gasteiger partial charge in [-0.15, -0.1) is 0 Å². The van der Waals surface area contributed by atoms with Gasteiger partial charge in [-0.25, -0.2) is 18.5 Å². The summed E-state index contributed by atoms with van der Waals surface area (Å²) < 4.78 is 52.1. The summed E-state index contributed by atoms with van der Waals surface area (Å²) in [5.41, 5.74) is 5.82. The van der Waals surface area contributed by atoms with Crippen molar-refractivity contribution in [2.45, 2.75) is 185 Å². The molecule has 0 aliphatic carbocycles. The minimum absolute atomic E-state index is 0.0329. The third-order valence-corrected chi connectivity index (χ3v) is 12.4. The van der Waals surface area contributed by atoms with Gasteiger partial charge in [0.25, 0.3) is 0 Å². The van der Waals surface area contributed by atoms with Crippen LogP contribution in [0.4, 0.5) is 10.2 Å². The van der Waals surface area contributed by atoms with E-state index < -0.39 is 49.8 Å². The van der Waals surface area contributed by atoms with E-state index in [0.29, 0.717) is 23.2 Å². The molecule has 58 heavy (non-hydrogen) atoms. The van der Waals surface area contributed by atoms with Crippen LogP contribution in [0.5, 0.6) is 0 Å². The van der Waals surface area contributed by atoms with Gasteiger partial charge >= 0.3 is 7.82 Å². The first kappa shape index (κ1) is 47.7. The molecule has 15 heteroatoms. The molecule has 4 rings (SSSR count). The number of hydrogen-bond donors (Lipinski definition) is 4. The molecular formula is C43H67FN5O8P. The Bertz CT molecular complexity index is 1760. The second kappa shape index (κ2) is 24.3. The van der Waals surface area contributed by atoms with Gasteiger partial charge in [-0.1, -0.05) is 122 Å². The van der Waals surface area contributed by atoms with Crippen LogP contribution in [-0.4, -0.2) is 66.3 Å². The Kier molecular flexibility index (Phi) is 20.0. The highest BCUT2D eigenvalue weighted by Gasteiger charge is 2.57. The minimum atomic E-state index is -4.76. The summed E-state index contributed by atoms with van der Waals surface area (Å²) in [6.45, 7) is 4.85. The molecule has 0 spiro atoms. The maximum Gasteiger partial charge on any atom is 0.472 e. The predicted molar refractivity (Wildman–Crippen MR) is 221 cm³/mol. The number of nitrogens with zero attached hydrogens (tertiary/aromatic N) is 4. The Balaban J connectivity index is 1.21. The number of ether oxygens (including phenoxy) is 2. The zero-order chi connectivity index (χ0) is 42.0. The Hall–Kier alpha value is -2.99. The van der Waals surface area contributed by atoms with Crippen molar-refractivity contribution in [2.75, 3.05) is 12.3 Å². The van der Waals surface area contributed by atoms with Crippen LogP contribution in [0.1, 0.15) is 166 Å². The second-order valence-electron chi connectivity index (χ2n) is 16.1. The molecule has 2 aromatic heterocycles. The molecule has 3 aromatic rings. The number of phosphoric ester groups is 1. The van der Waals surface area contributed by atoms with Gasteiger partial charge in [0.1, 0.15) is 41.6 Å². The van der Waals surface area contributed by atoms with Gasteiger partial charge in [-0.05, 0) is 56.2 Å². The van der Waals surface area contributed by atoms with Gasteiger partial charge in [-0.2, -0.15) is 10.4 Å². The van der Waals surface area contributed by atoms with Gasteiger partial charge in [-0.3, -0.25) is 9.05 Å². The summed E-state index contributed by atoms with van der Waals surface area (Å²) in [6.07, 6.45) is 18.5. The molecule has 3 heterocycles. The quantitative estimate of drug-likeness (QED) is 0.0383. The summed E-state index contributed by atoms with van der Waals surface area (Å²) in [6, 6.07) is 9.20. The number of unbranched alkanes of at least 4 members (excludes halogenated alkanes) is 17. The smallest absolute Gasteiger partial charge is 0.387 e. The zero-order valence-electron chi connectivity index (χ0n) is 34.8. The average molecular weight is 832 g/mol. The van der Waals surface area contributed by atoms with Gasteiger partial charge in [0.15, 0.2) is 5.82 Å². The first-order chi connectivity index (χ1) is 27.9. The maximum atomic E-state index is 14.1. The lowest BCUT2D eigenvalue weighted by atomic mass is 9.91. The van der Waals surface area contributed by atoms with Crippen LogP contribution in [-0.2, 0) is 29.7 Å². The van der Waals surface area contributed by atoms with Crippen molar-refractivity contribution in [2.24, 2.45) is 0 Å². The molecule has 1 unspecified atom stereocenters. The van der Waals surface area contributed by atoms with E-state index in [1.165, 1.54) is 127 Å². The number of aromatic nitrogens is 3. The molecule has 13 nitrogen and oxygen atoms in total. The van der Waals surface area contributed by atoms with E-state index >= 15 is 0 Å². The molecule has 0 amide bonds. The van der Waals surface area contributed by atoms with Crippen molar-refractivity contribution < 1.29 is 42.6 Å². The van der Waals surface area contributed by atoms with Crippen molar-refractivity contribution in [3.8, 4) is 6.07 Å². The lowest BCUT2D eigenvalue weighted by Crippen LogP contribution is -2.49. The third kappa shape index (κ3) is 14.6. The molecule has 1 fully saturated rings. The largest absolute Gasteiger partial charge is 0.472 e. The molecule has 0 bridgehead atoms. The van der Waals surface area contributed by atoms with Crippen molar-refractivity contribution in [3.63, 3.8) is 0 Å². The van der Waals surface area contributed by atoms with Crippen LogP contribution in [0.15, 0.2) is 36.7 Å². The molecule has 5 N–H and O–H groups in total. The minimum Gasteiger partial charge on any atom is -0.387 e. The van der Waals surface area contributed by atoms with E-state index in [9.17, 15) is 29.3 Å². The Morgan fingerprint density at radius 3 is 2.14 bits per heavy atom. The Morgan fingerprint density at radius 1 is 0.966 bits per heavy atom. The average Bonchev–Trinajstić information content (AvgIpc) is 3.73. The fourth-order valence-corrected chi connectivity index (χ4v) is 8.72. The van der Waals surface area contributed by atoms with E-state index in [4.69, 9.17) is 24.3 Å². The first-order valence-electron chi connectivity index (χ1n) is 21.5. The Morgan fingerprint density at radius 2 is 1.55 bits per heavy atom. The van der Waals surface area contributed by atoms with Gasteiger partial charge in [0.05, 0.1) is 42.7 Å². The van der Waals surface area contributed by atoms with Crippen LogP contribution in [0.2, 0.25) is 0 Å². The summed E-state index contributed by atoms with van der Waals surface area (Å²) in [7, 11) is -4.76. The fourth-order valence-electron chi connectivity index (χ4n) is 7.69. The van der Waals surface area contributed by atoms with Crippen LogP contribution in [0.25, 0.3) is 5.52 Å². The number of nitrogen functional groups attached to an aromatic ring is 1. The highest BCUT2D eigenvalue weighted by molar-refractivity contribution is 7.47. The highest BCUT2D eigenvalue weighted by Crippen LogP contribution is 2.50. The van der Waals surface area contributed by atoms with Gasteiger partial charge < -0.3 is 30.3 Å². The van der Waals surface area contributed by atoms with Crippen LogP contribution >= 0.6 is 7.82 Å². The number of phosphoric acid groups is 1. The molecule has 1 saturated heterocycles. The van der Waals surface area contributed by atoms with Gasteiger partial charge in [0, 0.05) is 0 Å². The second-order valence-corrected chi connectivity index (χ2v) is 17.5. The van der Waals surface area contributed by atoms with Crippen LogP contribution in [0.3, 0.4) is 0 Å². The molecule has 1 aliphatic rings. The number of benzene rings is 1. The zero-order valence-corrected chi connectivity index (χ0v) is 35.7. The lowest BCUT2D eigenvalue weighted by Gasteiger charge is -2.34. The number of nitriles is 1. The van der Waals surface area contributed by atoms with E-state index in [1.54, 1.807) is 12.1 Å². The van der Waals surface area contributed by atoms with E-state index in [-0.39, 0.29) is 24.6 Å². The number of nitrogens with two attached hydrogens (primary N) is 1. The SMILES string of the molecule is CCCCCCCCCCCCCCCCCCCC[C@@H](COP(=O)(O)O[C@@H](C)[C@@]1(C)O[C@@H](c2ccc3c(N)ncnn23)[C@H](O)[C@@H]1O)OCc1cc(F)cc(C#N)c1. The first-order valence-corrected chi connectivity index (χ1v) is 23.0. The monoisotopic (exact) mass is 831 g/mol. The summed E-state index contributed by atoms with van der Waals surface area (Å²) in [4.78, 5) is 14.8. The number of anilines is 1. The van der Waals surface area contributed by atoms with E-state index in [0.717, 1.165) is 31.7 Å². The number of hydrogen-bond acceptors (Lipinski definition) is 11. The van der Waals surface area contributed by atoms with Crippen LogP contribution < -0.4 is 5.73 Å². The molecule has 1 aromatic carbocycles. The number of fused-ring (bicyclic) bond motifs is 1. The third-order valence-electron chi connectivity index (χ3n) is 11.4. The van der Waals surface area contributed by atoms with E-state index in [1.807, 2.05) is 6.07 Å². The molecule has 7 atom stereocenters. The summed E-state index contributed by atoms with van der Waals surface area (Å²) in [5.74, 6) is -0.339. The molecular weight excluding hydrogens is 764 g/mol. The summed E-state index contributed by atoms with van der Waals surface area (Å²) >= 11 is 0. The molecule has 1 aliphatic heterocycles. The van der Waals surface area contributed by atoms with Gasteiger partial charge in [0.2, 0.25) is 0 Å². The van der Waals surface area contributed by atoms with E-state index in [2.05, 4.69) is 17.0 Å². The standard InChI is InChI=1S/C43H67FN5O8P/c1-4-5-6-7-8-9-10-11-12-13-14-15-16-17-18-19-20-21-22-36(54-29-34-25-33(28-45)26-35(44)27-34)30-55-58(52,53)57-32(2)43(3)41(51)39(50)40(56-43)37-23-24-38-42(46)47-31-48-49(37)38/h23-27,31-32,36,39-41,50-51H,4-22,29-30H2,1-3H3,(H,52,53)(H2,46,47,48)/t32-,36-,39-,40-,41-,43+/m0/s1. The molecule has 324 valence electrons. The predicted octanol–water partition coefficient (Wildman–Crippen LogP) is 9.41. The van der Waals surface area contributed by atoms with Crippen LogP contribution in [0, 0.1) is 17.1 Å². The number of rotatable bonds is 29. The van der Waals surface area contributed by atoms with Crippen molar-refractivity contribution in [1.29, 1.82) is 5.26 Å². The lowest BCUT2D eigenvalue weighted by molar-refractivity contribution is -0.133. The highest BCUT2D eigenvalue weighted by atomic mass is 31.2. The molecule has 0 radical (unpaired) electrons. The van der Waals surface area contributed by atoms with Crippen molar-refractivity contribution in [3.05, 3.63) is 59.3 Å². The van der Waals surface area contributed by atoms with Crippen molar-refractivity contribution in [1.82, 2.24) is 14.6 Å². The number of aliphatic hydroxyl groups is 2.